The molecule has 1 heterocycles. The van der Waals surface area contributed by atoms with Crippen LogP contribution in [0.15, 0.2) is 69.7 Å². The Labute approximate surface area is 219 Å². The summed E-state index contributed by atoms with van der Waals surface area (Å²) in [6.45, 7) is 5.51. The number of ether oxygens (including phenoxy) is 1. The fourth-order valence-corrected chi connectivity index (χ4v) is 5.53. The lowest BCUT2D eigenvalue weighted by Gasteiger charge is -2.20. The van der Waals surface area contributed by atoms with Crippen LogP contribution in [0.1, 0.15) is 19.4 Å². The van der Waals surface area contributed by atoms with Crippen molar-refractivity contribution in [3.8, 4) is 16.9 Å². The van der Waals surface area contributed by atoms with E-state index in [2.05, 4.69) is 48.6 Å². The summed E-state index contributed by atoms with van der Waals surface area (Å²) in [6.07, 6.45) is 1.56. The molecule has 0 aliphatic carbocycles. The number of halogens is 4. The zero-order chi connectivity index (χ0) is 24.4. The Morgan fingerprint density at radius 1 is 1.03 bits per heavy atom. The van der Waals surface area contributed by atoms with Gasteiger partial charge in [-0.25, -0.2) is 9.18 Å². The van der Waals surface area contributed by atoms with Gasteiger partial charge in [-0.3, -0.25) is 0 Å². The van der Waals surface area contributed by atoms with E-state index in [-0.39, 0.29) is 5.02 Å². The number of carbonyl (C=O) groups excluding carboxylic acids is 1. The van der Waals surface area contributed by atoms with E-state index in [0.717, 1.165) is 25.4 Å². The van der Waals surface area contributed by atoms with Crippen molar-refractivity contribution in [2.75, 3.05) is 13.1 Å². The zero-order valence-corrected chi connectivity index (χ0v) is 22.5. The number of nitrogens with zero attached hydrogens (tertiary/aromatic N) is 2. The van der Waals surface area contributed by atoms with Crippen LogP contribution in [-0.2, 0) is 6.54 Å². The molecule has 0 saturated carbocycles. The maximum Gasteiger partial charge on any atom is 0.415 e. The molecule has 3 aromatic carbocycles. The van der Waals surface area contributed by atoms with Crippen LogP contribution in [0, 0.1) is 5.82 Å². The van der Waals surface area contributed by atoms with Crippen LogP contribution < -0.4 is 4.74 Å². The smallest absolute Gasteiger partial charge is 0.410 e. The zero-order valence-electron chi connectivity index (χ0n) is 18.6. The fourth-order valence-electron chi connectivity index (χ4n) is 3.96. The van der Waals surface area contributed by atoms with E-state index in [1.165, 1.54) is 6.07 Å². The predicted molar refractivity (Wildman–Crippen MR) is 142 cm³/mol. The van der Waals surface area contributed by atoms with E-state index in [0.29, 0.717) is 36.5 Å². The largest absolute Gasteiger partial charge is 0.415 e. The molecule has 34 heavy (non-hydrogen) atoms. The molecule has 8 heteroatoms. The van der Waals surface area contributed by atoms with E-state index >= 15 is 0 Å². The second kappa shape index (κ2) is 10.5. The SMILES string of the molecule is CCN(CC)C(=O)Oc1ccc2c(ccn2Cc2cc(Br)cc(Br)c2)c1-c1ccc(F)c(Cl)c1. The lowest BCUT2D eigenvalue weighted by Crippen LogP contribution is -2.33. The van der Waals surface area contributed by atoms with Gasteiger partial charge in [0.25, 0.3) is 0 Å². The first-order valence-corrected chi connectivity index (χ1v) is 12.8. The molecule has 1 amide bonds. The van der Waals surface area contributed by atoms with Crippen molar-refractivity contribution in [1.82, 2.24) is 9.47 Å². The van der Waals surface area contributed by atoms with Gasteiger partial charge in [0.05, 0.1) is 5.02 Å². The van der Waals surface area contributed by atoms with Crippen molar-refractivity contribution in [2.24, 2.45) is 0 Å². The molecule has 0 aliphatic rings. The van der Waals surface area contributed by atoms with E-state index in [1.807, 2.05) is 38.2 Å². The maximum atomic E-state index is 13.9. The van der Waals surface area contributed by atoms with Crippen LogP contribution in [-0.4, -0.2) is 28.6 Å². The molecule has 4 aromatic rings. The number of amides is 1. The Hall–Kier alpha value is -2.35. The maximum absolute atomic E-state index is 13.9. The molecule has 0 saturated heterocycles. The summed E-state index contributed by atoms with van der Waals surface area (Å²) in [6, 6.07) is 16.3. The minimum Gasteiger partial charge on any atom is -0.410 e. The van der Waals surface area contributed by atoms with Crippen LogP contribution in [0.5, 0.6) is 5.75 Å². The molecule has 0 unspecified atom stereocenters. The molecular formula is C26H22Br2ClFN2O2. The van der Waals surface area contributed by atoms with Crippen molar-refractivity contribution in [1.29, 1.82) is 0 Å². The van der Waals surface area contributed by atoms with Crippen molar-refractivity contribution in [3.05, 3.63) is 86.1 Å². The van der Waals surface area contributed by atoms with Crippen molar-refractivity contribution < 1.29 is 13.9 Å². The van der Waals surface area contributed by atoms with Crippen LogP contribution in [0.2, 0.25) is 5.02 Å². The molecule has 4 rings (SSSR count). The molecular weight excluding hydrogens is 587 g/mol. The van der Waals surface area contributed by atoms with Crippen molar-refractivity contribution >= 4 is 60.5 Å². The Morgan fingerprint density at radius 2 is 1.74 bits per heavy atom. The predicted octanol–water partition coefficient (Wildman–Crippen LogP) is 8.51. The number of hydrogen-bond donors (Lipinski definition) is 0. The third kappa shape index (κ3) is 5.16. The van der Waals surface area contributed by atoms with Gasteiger partial charge in [-0.05, 0) is 73.5 Å². The van der Waals surface area contributed by atoms with Gasteiger partial charge in [-0.2, -0.15) is 0 Å². The Bertz CT molecular complexity index is 1350. The number of aromatic nitrogens is 1. The summed E-state index contributed by atoms with van der Waals surface area (Å²) >= 11 is 13.2. The van der Waals surface area contributed by atoms with Gasteiger partial charge < -0.3 is 14.2 Å². The molecule has 4 nitrogen and oxygen atoms in total. The molecule has 0 radical (unpaired) electrons. The van der Waals surface area contributed by atoms with E-state index < -0.39 is 11.9 Å². The van der Waals surface area contributed by atoms with Crippen LogP contribution >= 0.6 is 43.5 Å². The molecule has 0 fully saturated rings. The van der Waals surface area contributed by atoms with Crippen molar-refractivity contribution in [2.45, 2.75) is 20.4 Å². The highest BCUT2D eigenvalue weighted by atomic mass is 79.9. The highest BCUT2D eigenvalue weighted by Gasteiger charge is 2.20. The molecule has 176 valence electrons. The number of carbonyl (C=O) groups is 1. The second-order valence-electron chi connectivity index (χ2n) is 7.76. The quantitative estimate of drug-likeness (QED) is 0.220. The topological polar surface area (TPSA) is 34.5 Å². The van der Waals surface area contributed by atoms with Crippen molar-refractivity contribution in [3.63, 3.8) is 0 Å². The monoisotopic (exact) mass is 606 g/mol. The lowest BCUT2D eigenvalue weighted by molar-refractivity contribution is 0.157. The first kappa shape index (κ1) is 24.8. The lowest BCUT2D eigenvalue weighted by atomic mass is 10.0. The summed E-state index contributed by atoms with van der Waals surface area (Å²) in [5.74, 6) is -0.105. The fraction of sp³-hybridized carbons (Fsp3) is 0.192. The van der Waals surface area contributed by atoms with Crippen LogP contribution in [0.3, 0.4) is 0 Å². The Kier molecular flexibility index (Phi) is 7.65. The van der Waals surface area contributed by atoms with Gasteiger partial charge in [0.1, 0.15) is 11.6 Å². The van der Waals surface area contributed by atoms with Gasteiger partial charge in [0.2, 0.25) is 0 Å². The average molecular weight is 609 g/mol. The number of rotatable bonds is 6. The summed E-state index contributed by atoms with van der Waals surface area (Å²) < 4.78 is 23.8. The van der Waals surface area contributed by atoms with Gasteiger partial charge in [0, 0.05) is 51.2 Å². The molecule has 0 spiro atoms. The van der Waals surface area contributed by atoms with Gasteiger partial charge >= 0.3 is 6.09 Å². The van der Waals surface area contributed by atoms with E-state index in [4.69, 9.17) is 16.3 Å². The van der Waals surface area contributed by atoms with Crippen LogP contribution in [0.25, 0.3) is 22.0 Å². The van der Waals surface area contributed by atoms with Crippen LogP contribution in [0.4, 0.5) is 9.18 Å². The average Bonchev–Trinajstić information content (AvgIpc) is 3.18. The third-order valence-electron chi connectivity index (χ3n) is 5.62. The summed E-state index contributed by atoms with van der Waals surface area (Å²) in [5.41, 5.74) is 3.42. The third-order valence-corrected chi connectivity index (χ3v) is 6.82. The standard InChI is InChI=1S/C26H22Br2ClFN2O2/c1-3-31(4-2)26(33)34-24-8-7-23-20(25(24)17-5-6-22(30)21(29)13-17)9-10-32(23)15-16-11-18(27)14-19(28)12-16/h5-14H,3-4,15H2,1-2H3. The highest BCUT2D eigenvalue weighted by Crippen LogP contribution is 2.39. The second-order valence-corrected chi connectivity index (χ2v) is 10.0. The first-order valence-electron chi connectivity index (χ1n) is 10.8. The Morgan fingerprint density at radius 3 is 2.38 bits per heavy atom. The molecule has 0 bridgehead atoms. The number of hydrogen-bond acceptors (Lipinski definition) is 2. The van der Waals surface area contributed by atoms with E-state index in [1.54, 1.807) is 23.1 Å². The minimum atomic E-state index is -0.503. The molecule has 0 aliphatic heterocycles. The molecule has 0 N–H and O–H groups in total. The summed E-state index contributed by atoms with van der Waals surface area (Å²) in [7, 11) is 0. The molecule has 0 atom stereocenters. The van der Waals surface area contributed by atoms with Gasteiger partial charge in [-0.15, -0.1) is 0 Å². The summed E-state index contributed by atoms with van der Waals surface area (Å²) in [5, 5.41) is 0.885. The Balaban J connectivity index is 1.84. The van der Waals surface area contributed by atoms with Gasteiger partial charge in [-0.1, -0.05) is 49.5 Å². The minimum absolute atomic E-state index is 0.00828. The first-order chi connectivity index (χ1) is 16.3. The van der Waals surface area contributed by atoms with E-state index in [9.17, 15) is 9.18 Å². The van der Waals surface area contributed by atoms with Gasteiger partial charge in [0.15, 0.2) is 0 Å². The number of benzene rings is 3. The normalized spacial score (nSPS) is 11.1. The summed E-state index contributed by atoms with van der Waals surface area (Å²) in [4.78, 5) is 14.3. The number of fused-ring (bicyclic) bond motifs is 1. The molecule has 1 aromatic heterocycles. The highest BCUT2D eigenvalue weighted by molar-refractivity contribution is 9.11.